The van der Waals surface area contributed by atoms with Gasteiger partial charge in [0.05, 0.1) is 43.0 Å². The molecule has 0 bridgehead atoms. The van der Waals surface area contributed by atoms with E-state index >= 15 is 0 Å². The van der Waals surface area contributed by atoms with Gasteiger partial charge in [0.2, 0.25) is 0 Å². The van der Waals surface area contributed by atoms with Crippen LogP contribution in [0.4, 0.5) is 5.69 Å². The Hall–Kier alpha value is -3.61. The van der Waals surface area contributed by atoms with Crippen molar-refractivity contribution in [2.45, 2.75) is 26.7 Å². The fourth-order valence-corrected chi connectivity index (χ4v) is 4.45. The number of fused-ring (bicyclic) bond motifs is 1. The Balaban J connectivity index is 1.79. The zero-order valence-corrected chi connectivity index (χ0v) is 19.9. The molecule has 7 nitrogen and oxygen atoms in total. The number of pyridine rings is 1. The van der Waals surface area contributed by atoms with Gasteiger partial charge >= 0.3 is 5.97 Å². The molecule has 34 heavy (non-hydrogen) atoms. The van der Waals surface area contributed by atoms with Crippen LogP contribution in [-0.4, -0.2) is 50.1 Å². The number of ketones is 1. The van der Waals surface area contributed by atoms with Gasteiger partial charge in [-0.15, -0.1) is 0 Å². The fraction of sp³-hybridized carbons (Fsp3) is 0.370. The number of benzene rings is 2. The van der Waals surface area contributed by atoms with Crippen molar-refractivity contribution in [2.75, 3.05) is 38.3 Å². The lowest BCUT2D eigenvalue weighted by Gasteiger charge is -2.35. The molecule has 1 aliphatic rings. The zero-order valence-electron chi connectivity index (χ0n) is 19.9. The van der Waals surface area contributed by atoms with E-state index in [1.807, 2.05) is 32.0 Å². The van der Waals surface area contributed by atoms with Crippen LogP contribution in [0.15, 0.2) is 48.7 Å². The number of carbonyl (C=O) groups is 2. The van der Waals surface area contributed by atoms with Crippen LogP contribution < -0.4 is 14.4 Å². The van der Waals surface area contributed by atoms with Crippen LogP contribution in [0, 0.1) is 5.92 Å². The van der Waals surface area contributed by atoms with Gasteiger partial charge in [-0.2, -0.15) is 0 Å². The molecule has 7 heteroatoms. The summed E-state index contributed by atoms with van der Waals surface area (Å²) in [5.41, 5.74) is 2.58. The summed E-state index contributed by atoms with van der Waals surface area (Å²) in [4.78, 5) is 32.9. The fourth-order valence-electron chi connectivity index (χ4n) is 4.45. The predicted molar refractivity (Wildman–Crippen MR) is 131 cm³/mol. The minimum atomic E-state index is -0.240. The van der Waals surface area contributed by atoms with Crippen molar-refractivity contribution in [3.8, 4) is 11.5 Å². The molecular weight excluding hydrogens is 432 g/mol. The van der Waals surface area contributed by atoms with E-state index in [0.29, 0.717) is 42.4 Å². The molecule has 2 heterocycles. The summed E-state index contributed by atoms with van der Waals surface area (Å²) < 4.78 is 16.3. The van der Waals surface area contributed by atoms with Gasteiger partial charge in [0.15, 0.2) is 5.78 Å². The number of rotatable bonds is 8. The second kappa shape index (κ2) is 10.5. The summed E-state index contributed by atoms with van der Waals surface area (Å²) in [5.74, 6) is 0.834. The second-order valence-corrected chi connectivity index (χ2v) is 8.23. The van der Waals surface area contributed by atoms with Crippen molar-refractivity contribution in [1.82, 2.24) is 4.98 Å². The van der Waals surface area contributed by atoms with Crippen molar-refractivity contribution in [2.24, 2.45) is 5.92 Å². The Morgan fingerprint density at radius 2 is 1.82 bits per heavy atom. The van der Waals surface area contributed by atoms with Gasteiger partial charge in [-0.3, -0.25) is 14.6 Å². The second-order valence-electron chi connectivity index (χ2n) is 8.23. The number of hydrogen-bond acceptors (Lipinski definition) is 7. The number of piperidine rings is 1. The van der Waals surface area contributed by atoms with Crippen molar-refractivity contribution >= 4 is 28.3 Å². The van der Waals surface area contributed by atoms with Gasteiger partial charge in [-0.1, -0.05) is 0 Å². The van der Waals surface area contributed by atoms with E-state index in [2.05, 4.69) is 9.88 Å². The maximum Gasteiger partial charge on any atom is 0.310 e. The van der Waals surface area contributed by atoms with Gasteiger partial charge in [-0.05, 0) is 69.2 Å². The molecule has 0 spiro atoms. The third kappa shape index (κ3) is 4.83. The molecule has 0 saturated carbocycles. The molecule has 0 unspecified atom stereocenters. The molecule has 1 atom stereocenters. The number of anilines is 1. The molecule has 178 valence electrons. The molecule has 2 aromatic carbocycles. The highest BCUT2D eigenvalue weighted by atomic mass is 16.5. The first-order valence-corrected chi connectivity index (χ1v) is 11.7. The molecule has 1 aliphatic heterocycles. The van der Waals surface area contributed by atoms with Gasteiger partial charge in [0, 0.05) is 30.2 Å². The summed E-state index contributed by atoms with van der Waals surface area (Å²) >= 11 is 0. The SMILES string of the molecule is CCOC(=O)[C@H]1CCCN(c2c(C(=O)c3ccc(OCC)cc3)cnc3ccc(OC)cc23)C1. The minimum absolute atomic E-state index is 0.131. The molecule has 1 saturated heterocycles. The number of aromatic nitrogens is 1. The zero-order chi connectivity index (χ0) is 24.1. The quantitative estimate of drug-likeness (QED) is 0.356. The first kappa shape index (κ1) is 23.5. The highest BCUT2D eigenvalue weighted by Gasteiger charge is 2.30. The number of carbonyl (C=O) groups excluding carboxylic acids is 2. The van der Waals surface area contributed by atoms with E-state index in [-0.39, 0.29) is 17.7 Å². The molecule has 0 N–H and O–H groups in total. The molecule has 0 amide bonds. The van der Waals surface area contributed by atoms with Gasteiger partial charge in [0.25, 0.3) is 0 Å². The molecule has 0 aliphatic carbocycles. The van der Waals surface area contributed by atoms with Crippen LogP contribution in [0.3, 0.4) is 0 Å². The van der Waals surface area contributed by atoms with E-state index in [1.54, 1.807) is 37.6 Å². The molecule has 4 rings (SSSR count). The van der Waals surface area contributed by atoms with Crippen molar-refractivity contribution < 1.29 is 23.8 Å². The van der Waals surface area contributed by atoms with E-state index in [1.165, 1.54) is 0 Å². The lowest BCUT2D eigenvalue weighted by molar-refractivity contribution is -0.148. The highest BCUT2D eigenvalue weighted by molar-refractivity contribution is 6.16. The third-order valence-corrected chi connectivity index (χ3v) is 6.08. The van der Waals surface area contributed by atoms with E-state index in [9.17, 15) is 9.59 Å². The van der Waals surface area contributed by atoms with Crippen molar-refractivity contribution in [1.29, 1.82) is 0 Å². The molecule has 0 radical (unpaired) electrons. The summed E-state index contributed by atoms with van der Waals surface area (Å²) in [6, 6.07) is 12.8. The molecular formula is C27H30N2O5. The lowest BCUT2D eigenvalue weighted by Crippen LogP contribution is -2.40. The summed E-state index contributed by atoms with van der Waals surface area (Å²) in [7, 11) is 1.61. The van der Waals surface area contributed by atoms with Crippen molar-refractivity contribution in [3.05, 3.63) is 59.8 Å². The molecule has 1 fully saturated rings. The van der Waals surface area contributed by atoms with E-state index in [4.69, 9.17) is 14.2 Å². The maximum atomic E-state index is 13.7. The van der Waals surface area contributed by atoms with Crippen LogP contribution in [0.5, 0.6) is 11.5 Å². The third-order valence-electron chi connectivity index (χ3n) is 6.08. The largest absolute Gasteiger partial charge is 0.497 e. The van der Waals surface area contributed by atoms with Crippen LogP contribution in [-0.2, 0) is 9.53 Å². The Kier molecular flexibility index (Phi) is 7.30. The number of ether oxygens (including phenoxy) is 3. The highest BCUT2D eigenvalue weighted by Crippen LogP contribution is 2.36. The van der Waals surface area contributed by atoms with Crippen LogP contribution in [0.1, 0.15) is 42.6 Å². The average molecular weight is 463 g/mol. The Labute approximate surface area is 199 Å². The molecule has 1 aromatic heterocycles. The average Bonchev–Trinajstić information content (AvgIpc) is 2.88. The Morgan fingerprint density at radius 1 is 1.06 bits per heavy atom. The molecule has 3 aromatic rings. The van der Waals surface area contributed by atoms with Crippen molar-refractivity contribution in [3.63, 3.8) is 0 Å². The topological polar surface area (TPSA) is 78.0 Å². The number of hydrogen-bond donors (Lipinski definition) is 0. The minimum Gasteiger partial charge on any atom is -0.497 e. The smallest absolute Gasteiger partial charge is 0.310 e. The standard InChI is InChI=1S/C27H30N2O5/c1-4-33-20-10-8-18(9-11-20)26(30)23-16-28-24-13-12-21(32-3)15-22(24)25(23)29-14-6-7-19(17-29)27(31)34-5-2/h8-13,15-16,19H,4-7,14,17H2,1-3H3/t19-/m0/s1. The summed E-state index contributed by atoms with van der Waals surface area (Å²) in [5, 5.41) is 0.820. The Bertz CT molecular complexity index is 1180. The number of methoxy groups -OCH3 is 1. The first-order chi connectivity index (χ1) is 16.5. The van der Waals surface area contributed by atoms with E-state index in [0.717, 1.165) is 36.0 Å². The van der Waals surface area contributed by atoms with Crippen LogP contribution >= 0.6 is 0 Å². The number of nitrogens with zero attached hydrogens (tertiary/aromatic N) is 2. The monoisotopic (exact) mass is 462 g/mol. The van der Waals surface area contributed by atoms with Crippen LogP contribution in [0.2, 0.25) is 0 Å². The van der Waals surface area contributed by atoms with Gasteiger partial charge < -0.3 is 19.1 Å². The summed E-state index contributed by atoms with van der Waals surface area (Å²) in [6.45, 7) is 5.86. The first-order valence-electron chi connectivity index (χ1n) is 11.7. The number of esters is 1. The normalized spacial score (nSPS) is 15.7. The van der Waals surface area contributed by atoms with Crippen LogP contribution in [0.25, 0.3) is 10.9 Å². The van der Waals surface area contributed by atoms with E-state index < -0.39 is 0 Å². The maximum absolute atomic E-state index is 13.7. The predicted octanol–water partition coefficient (Wildman–Crippen LogP) is 4.65. The van der Waals surface area contributed by atoms with Gasteiger partial charge in [0.1, 0.15) is 11.5 Å². The Morgan fingerprint density at radius 3 is 2.53 bits per heavy atom. The lowest BCUT2D eigenvalue weighted by atomic mass is 9.94. The van der Waals surface area contributed by atoms with Gasteiger partial charge in [-0.25, -0.2) is 0 Å². The summed E-state index contributed by atoms with van der Waals surface area (Å²) in [6.07, 6.45) is 3.23.